The Labute approximate surface area is 131 Å². The van der Waals surface area contributed by atoms with Gasteiger partial charge in [-0.05, 0) is 36.4 Å². The molecule has 1 heterocycles. The number of rotatable bonds is 2. The Hall–Kier alpha value is -3.41. The van der Waals surface area contributed by atoms with Crippen LogP contribution in [0.2, 0.25) is 0 Å². The average Bonchev–Trinajstić information content (AvgIpc) is 2.71. The molecule has 0 bridgehead atoms. The fourth-order valence-electron chi connectivity index (χ4n) is 2.13. The number of aromatic hydroxyl groups is 1. The van der Waals surface area contributed by atoms with E-state index < -0.39 is 11.5 Å². The summed E-state index contributed by atoms with van der Waals surface area (Å²) in [6.07, 6.45) is 1.65. The topological polar surface area (TPSA) is 91.3 Å². The molecule has 0 saturated carbocycles. The Kier molecular flexibility index (Phi) is 3.88. The van der Waals surface area contributed by atoms with Gasteiger partial charge in [0, 0.05) is 17.3 Å². The molecule has 6 nitrogen and oxygen atoms in total. The molecule has 0 fully saturated rings. The third-order valence-corrected chi connectivity index (χ3v) is 3.23. The van der Waals surface area contributed by atoms with Crippen molar-refractivity contribution >= 4 is 28.3 Å². The Morgan fingerprint density at radius 2 is 1.74 bits per heavy atom. The molecule has 1 aromatic heterocycles. The molecule has 114 valence electrons. The minimum atomic E-state index is -0.517. The van der Waals surface area contributed by atoms with Crippen LogP contribution in [0.3, 0.4) is 0 Å². The Balaban J connectivity index is 1.82. The second-order valence-electron chi connectivity index (χ2n) is 4.83. The molecule has 0 unspecified atom stereocenters. The predicted molar refractivity (Wildman–Crippen MR) is 88.8 cm³/mol. The molecule has 0 spiro atoms. The van der Waals surface area contributed by atoms with E-state index in [2.05, 4.69) is 15.6 Å². The molecule has 0 radical (unpaired) electrons. The first-order chi connectivity index (χ1) is 11.1. The summed E-state index contributed by atoms with van der Waals surface area (Å²) in [4.78, 5) is 27.7. The van der Waals surface area contributed by atoms with Crippen LogP contribution in [0.25, 0.3) is 10.9 Å². The SMILES string of the molecule is O=C(Nc1ccc(O)c(=O)cc1)Nc1cccc2cccnc12. The van der Waals surface area contributed by atoms with Crippen LogP contribution < -0.4 is 16.1 Å². The van der Waals surface area contributed by atoms with Crippen molar-refractivity contribution in [3.8, 4) is 5.75 Å². The largest absolute Gasteiger partial charge is 0.504 e. The molecule has 2 aromatic carbocycles. The number of fused-ring (bicyclic) bond motifs is 1. The number of carbonyl (C=O) groups excluding carboxylic acids is 1. The van der Waals surface area contributed by atoms with Gasteiger partial charge < -0.3 is 15.7 Å². The summed E-state index contributed by atoms with van der Waals surface area (Å²) in [7, 11) is 0. The number of nitrogens with one attached hydrogen (secondary N) is 2. The van der Waals surface area contributed by atoms with Gasteiger partial charge in [-0.25, -0.2) is 4.79 Å². The fraction of sp³-hybridized carbons (Fsp3) is 0. The molecule has 23 heavy (non-hydrogen) atoms. The van der Waals surface area contributed by atoms with Crippen LogP contribution in [0, 0.1) is 0 Å². The minimum Gasteiger partial charge on any atom is -0.504 e. The number of para-hydroxylation sites is 1. The highest BCUT2D eigenvalue weighted by Crippen LogP contribution is 2.20. The van der Waals surface area contributed by atoms with Gasteiger partial charge in [0.15, 0.2) is 5.75 Å². The zero-order chi connectivity index (χ0) is 16.2. The molecule has 3 rings (SSSR count). The number of aromatic nitrogens is 1. The molecule has 3 N–H and O–H groups in total. The quantitative estimate of drug-likeness (QED) is 0.679. The van der Waals surface area contributed by atoms with E-state index in [-0.39, 0.29) is 5.75 Å². The van der Waals surface area contributed by atoms with Crippen molar-refractivity contribution in [1.82, 2.24) is 4.98 Å². The first-order valence-electron chi connectivity index (χ1n) is 6.88. The Morgan fingerprint density at radius 3 is 2.61 bits per heavy atom. The van der Waals surface area contributed by atoms with E-state index in [0.29, 0.717) is 16.9 Å². The minimum absolute atomic E-state index is 0.378. The maximum atomic E-state index is 12.1. The number of benzene rings is 1. The van der Waals surface area contributed by atoms with E-state index in [1.807, 2.05) is 24.3 Å². The third-order valence-electron chi connectivity index (χ3n) is 3.23. The van der Waals surface area contributed by atoms with Crippen LogP contribution in [-0.2, 0) is 0 Å². The van der Waals surface area contributed by atoms with Gasteiger partial charge in [0.25, 0.3) is 0 Å². The maximum absolute atomic E-state index is 12.1. The number of carbonyl (C=O) groups is 1. The second-order valence-corrected chi connectivity index (χ2v) is 4.83. The van der Waals surface area contributed by atoms with Crippen LogP contribution in [0.5, 0.6) is 5.75 Å². The van der Waals surface area contributed by atoms with E-state index in [1.54, 1.807) is 12.3 Å². The summed E-state index contributed by atoms with van der Waals surface area (Å²) in [5.74, 6) is -0.378. The van der Waals surface area contributed by atoms with Gasteiger partial charge in [-0.1, -0.05) is 18.2 Å². The maximum Gasteiger partial charge on any atom is 0.323 e. The first-order valence-corrected chi connectivity index (χ1v) is 6.88. The van der Waals surface area contributed by atoms with Crippen molar-refractivity contribution in [1.29, 1.82) is 0 Å². The zero-order valence-electron chi connectivity index (χ0n) is 12.0. The van der Waals surface area contributed by atoms with Crippen molar-refractivity contribution in [2.45, 2.75) is 0 Å². The number of hydrogen-bond acceptors (Lipinski definition) is 4. The highest BCUT2D eigenvalue weighted by Gasteiger charge is 2.06. The number of urea groups is 1. The highest BCUT2D eigenvalue weighted by molar-refractivity contribution is 6.04. The molecule has 6 heteroatoms. The molecule has 0 saturated heterocycles. The zero-order valence-corrected chi connectivity index (χ0v) is 12.0. The lowest BCUT2D eigenvalue weighted by Crippen LogP contribution is -2.19. The van der Waals surface area contributed by atoms with Gasteiger partial charge in [-0.15, -0.1) is 0 Å². The smallest absolute Gasteiger partial charge is 0.323 e. The van der Waals surface area contributed by atoms with E-state index in [4.69, 9.17) is 0 Å². The van der Waals surface area contributed by atoms with Gasteiger partial charge in [-0.3, -0.25) is 9.78 Å². The van der Waals surface area contributed by atoms with Gasteiger partial charge in [0.1, 0.15) is 0 Å². The summed E-state index contributed by atoms with van der Waals surface area (Å²) in [5, 5.41) is 15.6. The van der Waals surface area contributed by atoms with Crippen molar-refractivity contribution in [3.05, 3.63) is 71.0 Å². The molecule has 0 aliphatic rings. The van der Waals surface area contributed by atoms with E-state index >= 15 is 0 Å². The molecular formula is C17H13N3O3. The van der Waals surface area contributed by atoms with Crippen LogP contribution in [-0.4, -0.2) is 16.1 Å². The van der Waals surface area contributed by atoms with Crippen LogP contribution >= 0.6 is 0 Å². The number of pyridine rings is 1. The standard InChI is InChI=1S/C17H13N3O3/c21-14-8-6-12(7-9-15(14)22)19-17(23)20-13-5-1-3-11-4-2-10-18-16(11)13/h1-10H,(H,21,22)(H2,19,20,23). The second kappa shape index (κ2) is 6.15. The molecule has 2 amide bonds. The number of amides is 2. The lowest BCUT2D eigenvalue weighted by atomic mass is 10.2. The summed E-state index contributed by atoms with van der Waals surface area (Å²) in [6, 6.07) is 14.0. The van der Waals surface area contributed by atoms with Crippen molar-refractivity contribution in [2.75, 3.05) is 10.6 Å². The van der Waals surface area contributed by atoms with E-state index in [1.165, 1.54) is 24.3 Å². The van der Waals surface area contributed by atoms with E-state index in [0.717, 1.165) is 5.39 Å². The summed E-state index contributed by atoms with van der Waals surface area (Å²) in [6.45, 7) is 0. The lowest BCUT2D eigenvalue weighted by molar-refractivity contribution is 0.262. The average molecular weight is 307 g/mol. The van der Waals surface area contributed by atoms with Gasteiger partial charge in [0.2, 0.25) is 5.43 Å². The lowest BCUT2D eigenvalue weighted by Gasteiger charge is -2.08. The van der Waals surface area contributed by atoms with Crippen molar-refractivity contribution in [2.24, 2.45) is 0 Å². The molecule has 0 aliphatic heterocycles. The molecule has 0 atom stereocenters. The molecular weight excluding hydrogens is 294 g/mol. The predicted octanol–water partition coefficient (Wildman–Crippen LogP) is 2.94. The van der Waals surface area contributed by atoms with Crippen LogP contribution in [0.15, 0.2) is 65.6 Å². The van der Waals surface area contributed by atoms with Gasteiger partial charge in [-0.2, -0.15) is 0 Å². The Bertz CT molecular complexity index is 936. The first kappa shape index (κ1) is 14.5. The monoisotopic (exact) mass is 307 g/mol. The number of hydrogen-bond donors (Lipinski definition) is 3. The third kappa shape index (κ3) is 3.26. The summed E-state index contributed by atoms with van der Waals surface area (Å²) >= 11 is 0. The number of nitrogens with zero attached hydrogens (tertiary/aromatic N) is 1. The number of anilines is 2. The van der Waals surface area contributed by atoms with Crippen LogP contribution in [0.1, 0.15) is 0 Å². The van der Waals surface area contributed by atoms with Gasteiger partial charge >= 0.3 is 6.03 Å². The fourth-order valence-corrected chi connectivity index (χ4v) is 2.13. The summed E-state index contributed by atoms with van der Waals surface area (Å²) in [5.41, 5.74) is 1.13. The normalized spacial score (nSPS) is 10.3. The van der Waals surface area contributed by atoms with Gasteiger partial charge in [0.05, 0.1) is 11.2 Å². The van der Waals surface area contributed by atoms with Crippen LogP contribution in [0.4, 0.5) is 16.2 Å². The molecule has 3 aromatic rings. The van der Waals surface area contributed by atoms with Crippen molar-refractivity contribution < 1.29 is 9.90 Å². The summed E-state index contributed by atoms with van der Waals surface area (Å²) < 4.78 is 0. The van der Waals surface area contributed by atoms with Crippen molar-refractivity contribution in [3.63, 3.8) is 0 Å². The van der Waals surface area contributed by atoms with E-state index in [9.17, 15) is 14.7 Å². The highest BCUT2D eigenvalue weighted by atomic mass is 16.3. The Morgan fingerprint density at radius 1 is 0.957 bits per heavy atom. The molecule has 0 aliphatic carbocycles.